The molecule has 0 aromatic carbocycles. The van der Waals surface area contributed by atoms with Gasteiger partial charge in [-0.05, 0) is 64.2 Å². The maximum absolute atomic E-state index is 13.3. The number of ether oxygens (including phenoxy) is 2. The highest BCUT2D eigenvalue weighted by Gasteiger charge is 2.44. The lowest BCUT2D eigenvalue weighted by molar-refractivity contribution is -0.303. The van der Waals surface area contributed by atoms with Gasteiger partial charge in [0, 0.05) is 0 Å². The average molecular weight is 1250 g/mol. The van der Waals surface area contributed by atoms with E-state index in [2.05, 4.69) is 55.6 Å². The molecule has 0 aromatic heterocycles. The summed E-state index contributed by atoms with van der Waals surface area (Å²) in [5, 5.41) is 76.6. The zero-order valence-electron chi connectivity index (χ0n) is 57.7. The van der Waals surface area contributed by atoms with Crippen LogP contribution in [0.25, 0.3) is 0 Å². The predicted molar refractivity (Wildman–Crippen MR) is 372 cm³/mol. The number of allylic oxidation sites excluding steroid dienone is 6. The van der Waals surface area contributed by atoms with Gasteiger partial charge in [0.1, 0.15) is 36.6 Å². The number of rotatable bonds is 68. The zero-order chi connectivity index (χ0) is 63.9. The highest BCUT2D eigenvalue weighted by atomic mass is 16.7. The molecule has 9 unspecified atom stereocenters. The molecule has 88 heavy (non-hydrogen) atoms. The molecule has 0 aromatic rings. The lowest BCUT2D eigenvalue weighted by atomic mass is 9.98. The first kappa shape index (κ1) is 84.3. The third-order valence-electron chi connectivity index (χ3n) is 18.7. The van der Waals surface area contributed by atoms with Crippen molar-refractivity contribution in [3.05, 3.63) is 36.5 Å². The van der Waals surface area contributed by atoms with Gasteiger partial charge < -0.3 is 50.5 Å². The second-order valence-electron chi connectivity index (χ2n) is 27.1. The maximum atomic E-state index is 13.3. The van der Waals surface area contributed by atoms with Crippen LogP contribution in [-0.4, -0.2) is 110 Å². The highest BCUT2D eigenvalue weighted by molar-refractivity contribution is 5.80. The lowest BCUT2D eigenvalue weighted by Gasteiger charge is -2.40. The minimum Gasteiger partial charge on any atom is -0.394 e. The van der Waals surface area contributed by atoms with Crippen molar-refractivity contribution < 1.29 is 50.0 Å². The van der Waals surface area contributed by atoms with E-state index in [-0.39, 0.29) is 12.8 Å². The van der Waals surface area contributed by atoms with Gasteiger partial charge in [-0.1, -0.05) is 352 Å². The molecule has 9 atom stereocenters. The largest absolute Gasteiger partial charge is 0.394 e. The maximum Gasteiger partial charge on any atom is 0.249 e. The topological polar surface area (TPSA) is 189 Å². The second-order valence-corrected chi connectivity index (χ2v) is 27.1. The van der Waals surface area contributed by atoms with Crippen LogP contribution in [-0.2, 0) is 14.3 Å². The molecule has 520 valence electrons. The quantitative estimate of drug-likeness (QED) is 0.0215. The molecule has 11 heteroatoms. The Morgan fingerprint density at radius 2 is 0.682 bits per heavy atom. The van der Waals surface area contributed by atoms with E-state index in [1.54, 1.807) is 0 Å². The third-order valence-corrected chi connectivity index (χ3v) is 18.7. The van der Waals surface area contributed by atoms with Gasteiger partial charge in [-0.15, -0.1) is 0 Å². The minimum atomic E-state index is -1.67. The molecule has 1 heterocycles. The van der Waals surface area contributed by atoms with Gasteiger partial charge in [-0.3, -0.25) is 4.79 Å². The number of unbranched alkanes of at least 4 members (excludes halogenated alkanes) is 50. The Balaban J connectivity index is 2.18. The second kappa shape index (κ2) is 65.4. The van der Waals surface area contributed by atoms with Crippen molar-refractivity contribution in [3.8, 4) is 0 Å². The molecular formula is C77H147NO10. The van der Waals surface area contributed by atoms with Crippen LogP contribution in [0.2, 0.25) is 0 Å². The van der Waals surface area contributed by atoms with Gasteiger partial charge in [0.15, 0.2) is 6.29 Å². The normalized spacial score (nSPS) is 18.8. The first-order chi connectivity index (χ1) is 43.2. The number of carbonyl (C=O) groups is 1. The number of nitrogens with one attached hydrogen (secondary N) is 1. The molecule has 1 aliphatic heterocycles. The Hall–Kier alpha value is -1.67. The van der Waals surface area contributed by atoms with Crippen molar-refractivity contribution in [2.24, 2.45) is 0 Å². The molecule has 1 fully saturated rings. The molecule has 0 bridgehead atoms. The van der Waals surface area contributed by atoms with E-state index >= 15 is 0 Å². The smallest absolute Gasteiger partial charge is 0.249 e. The summed E-state index contributed by atoms with van der Waals surface area (Å²) < 4.78 is 11.2. The van der Waals surface area contributed by atoms with E-state index in [1.165, 1.54) is 289 Å². The molecule has 1 rings (SSSR count). The molecule has 0 spiro atoms. The Kier molecular flexibility index (Phi) is 62.7. The SMILES string of the molecule is CCCCCCCCCCCCCCCCCC/C=C/CC/C=C/CC/C=C/CCCC(O)C(O)C(COC1OC(CO)C(O)C(O)C1O)NC(=O)C(O)CCCCCCCCCCCCCCCCCCCCCCCCCCCCCCCCCC. The molecular weight excluding hydrogens is 1100 g/mol. The van der Waals surface area contributed by atoms with Crippen LogP contribution >= 0.6 is 0 Å². The minimum absolute atomic E-state index is 0.243. The highest BCUT2D eigenvalue weighted by Crippen LogP contribution is 2.24. The van der Waals surface area contributed by atoms with Gasteiger partial charge in [0.2, 0.25) is 5.91 Å². The molecule has 0 aliphatic carbocycles. The summed E-state index contributed by atoms with van der Waals surface area (Å²) in [5.74, 6) is -0.705. The molecule has 0 radical (unpaired) electrons. The van der Waals surface area contributed by atoms with Gasteiger partial charge in [0.05, 0.1) is 25.4 Å². The van der Waals surface area contributed by atoms with E-state index in [0.29, 0.717) is 19.3 Å². The van der Waals surface area contributed by atoms with Crippen molar-refractivity contribution in [3.63, 3.8) is 0 Å². The van der Waals surface area contributed by atoms with E-state index < -0.39 is 74.2 Å². The Bertz CT molecular complexity index is 1530. The van der Waals surface area contributed by atoms with E-state index in [1.807, 2.05) is 0 Å². The predicted octanol–water partition coefficient (Wildman–Crippen LogP) is 19.3. The third kappa shape index (κ3) is 51.8. The van der Waals surface area contributed by atoms with Gasteiger partial charge >= 0.3 is 0 Å². The summed E-state index contributed by atoms with van der Waals surface area (Å²) in [6.07, 6.45) is 74.0. The van der Waals surface area contributed by atoms with Crippen molar-refractivity contribution in [2.45, 2.75) is 435 Å². The number of hydrogen-bond donors (Lipinski definition) is 8. The average Bonchev–Trinajstić information content (AvgIpc) is 3.62. The van der Waals surface area contributed by atoms with Crippen LogP contribution in [0.5, 0.6) is 0 Å². The lowest BCUT2D eigenvalue weighted by Crippen LogP contribution is -2.60. The standard InChI is InChI=1S/C77H147NO10/c1-3-5-7-9-11-13-15-17-19-21-23-25-27-29-31-33-34-35-37-39-41-43-45-47-49-51-53-55-57-59-61-63-65-70(81)76(86)78-68(67-87-77-75(85)74(84)73(83)71(66-79)88-77)72(82)69(80)64-62-60-58-56-54-52-50-48-46-44-42-40-38-36-32-30-28-26-24-22-20-18-16-14-12-10-8-6-4-2/h40,42,48,50,56,58,68-75,77,79-85H,3-39,41,43-47,49,51-55,57,59-67H2,1-2H3,(H,78,86)/b42-40+,50-48+,58-56+. The van der Waals surface area contributed by atoms with E-state index in [0.717, 1.165) is 44.9 Å². The summed E-state index contributed by atoms with van der Waals surface area (Å²) in [4.78, 5) is 13.3. The van der Waals surface area contributed by atoms with Crippen molar-refractivity contribution in [1.82, 2.24) is 5.32 Å². The van der Waals surface area contributed by atoms with Gasteiger partial charge in [0.25, 0.3) is 0 Å². The van der Waals surface area contributed by atoms with Crippen LogP contribution in [0.1, 0.15) is 380 Å². The zero-order valence-corrected chi connectivity index (χ0v) is 57.7. The van der Waals surface area contributed by atoms with Crippen LogP contribution in [0.3, 0.4) is 0 Å². The number of carbonyl (C=O) groups excluding carboxylic acids is 1. The fourth-order valence-electron chi connectivity index (χ4n) is 12.5. The van der Waals surface area contributed by atoms with Gasteiger partial charge in [-0.2, -0.15) is 0 Å². The first-order valence-corrected chi connectivity index (χ1v) is 38.4. The number of aliphatic hydroxyl groups excluding tert-OH is 7. The Morgan fingerprint density at radius 1 is 0.386 bits per heavy atom. The monoisotopic (exact) mass is 1250 g/mol. The van der Waals surface area contributed by atoms with Crippen molar-refractivity contribution in [1.29, 1.82) is 0 Å². The van der Waals surface area contributed by atoms with Gasteiger partial charge in [-0.25, -0.2) is 0 Å². The van der Waals surface area contributed by atoms with E-state index in [4.69, 9.17) is 9.47 Å². The summed E-state index contributed by atoms with van der Waals surface area (Å²) >= 11 is 0. The summed E-state index contributed by atoms with van der Waals surface area (Å²) in [5.41, 5.74) is 0. The molecule has 1 aliphatic rings. The van der Waals surface area contributed by atoms with Crippen molar-refractivity contribution >= 4 is 5.91 Å². The molecule has 11 nitrogen and oxygen atoms in total. The molecule has 0 saturated carbocycles. The summed E-state index contributed by atoms with van der Waals surface area (Å²) in [6, 6.07) is -1.20. The van der Waals surface area contributed by atoms with Crippen LogP contribution in [0, 0.1) is 0 Å². The number of amides is 1. The van der Waals surface area contributed by atoms with Crippen LogP contribution in [0.15, 0.2) is 36.5 Å². The van der Waals surface area contributed by atoms with Crippen molar-refractivity contribution in [2.75, 3.05) is 13.2 Å². The fourth-order valence-corrected chi connectivity index (χ4v) is 12.5. The first-order valence-electron chi connectivity index (χ1n) is 38.4. The fraction of sp³-hybridized carbons (Fsp3) is 0.909. The Morgan fingerprint density at radius 3 is 1.01 bits per heavy atom. The Labute approximate surface area is 543 Å². The number of hydrogen-bond acceptors (Lipinski definition) is 10. The molecule has 8 N–H and O–H groups in total. The van der Waals surface area contributed by atoms with Crippen LogP contribution in [0.4, 0.5) is 0 Å². The molecule has 1 saturated heterocycles. The summed E-state index contributed by atoms with van der Waals surface area (Å²) in [7, 11) is 0. The molecule has 1 amide bonds. The number of aliphatic hydroxyl groups is 7. The van der Waals surface area contributed by atoms with E-state index in [9.17, 15) is 40.5 Å². The van der Waals surface area contributed by atoms with Crippen LogP contribution < -0.4 is 5.32 Å². The summed E-state index contributed by atoms with van der Waals surface area (Å²) in [6.45, 7) is 3.50.